The molecule has 0 aromatic heterocycles. The maximum Gasteiger partial charge on any atom is 0.369 e. The molecule has 2 unspecified atom stereocenters. The summed E-state index contributed by atoms with van der Waals surface area (Å²) in [4.78, 5) is 0. The second kappa shape index (κ2) is 5.11. The van der Waals surface area contributed by atoms with Crippen LogP contribution in [-0.4, -0.2) is 47.2 Å². The monoisotopic (exact) mass is 266 g/mol. The molecule has 0 aliphatic carbocycles. The zero-order valence-electron chi connectivity index (χ0n) is 10.5. The zero-order chi connectivity index (χ0) is 12.4. The molecule has 2 saturated heterocycles. The predicted molar refractivity (Wildman–Crippen MR) is 69.1 cm³/mol. The highest BCUT2D eigenvalue weighted by molar-refractivity contribution is 6.79. The molecule has 2 atom stereocenters. The van der Waals surface area contributed by atoms with E-state index in [1.54, 1.807) is 0 Å². The zero-order valence-corrected chi connectivity index (χ0v) is 11.5. The first-order valence-corrected chi connectivity index (χ1v) is 8.64. The van der Waals surface area contributed by atoms with E-state index in [2.05, 4.69) is 18.7 Å². The first-order valence-electron chi connectivity index (χ1n) is 6.33. The van der Waals surface area contributed by atoms with Crippen molar-refractivity contribution in [3.63, 3.8) is 0 Å². The fourth-order valence-electron chi connectivity index (χ4n) is 1.78. The van der Waals surface area contributed by atoms with Crippen molar-refractivity contribution in [1.82, 2.24) is 0 Å². The Labute approximate surface area is 108 Å². The van der Waals surface area contributed by atoms with Crippen molar-refractivity contribution in [2.24, 2.45) is 0 Å². The first kappa shape index (κ1) is 12.3. The molecule has 0 bridgehead atoms. The van der Waals surface area contributed by atoms with E-state index < -0.39 is 8.56 Å². The molecule has 4 nitrogen and oxygen atoms in total. The van der Waals surface area contributed by atoms with Gasteiger partial charge in [-0.15, -0.1) is 0 Å². The molecule has 3 rings (SSSR count). The van der Waals surface area contributed by atoms with Gasteiger partial charge in [0.2, 0.25) is 0 Å². The summed E-state index contributed by atoms with van der Waals surface area (Å²) in [5.74, 6) is 0. The summed E-state index contributed by atoms with van der Waals surface area (Å²) in [6.45, 7) is 4.97. The largest absolute Gasteiger partial charge is 0.388 e. The molecule has 5 heteroatoms. The van der Waals surface area contributed by atoms with Crippen molar-refractivity contribution >= 4 is 13.7 Å². The Morgan fingerprint density at radius 1 is 1.06 bits per heavy atom. The average molecular weight is 266 g/mol. The van der Waals surface area contributed by atoms with Crippen LogP contribution in [0.25, 0.3) is 0 Å². The molecule has 1 aromatic rings. The maximum absolute atomic E-state index is 6.05. The van der Waals surface area contributed by atoms with Gasteiger partial charge in [0.05, 0.1) is 26.4 Å². The second-order valence-electron chi connectivity index (χ2n) is 4.84. The Morgan fingerprint density at radius 2 is 1.56 bits per heavy atom. The highest BCUT2D eigenvalue weighted by atomic mass is 28.4. The molecule has 0 radical (unpaired) electrons. The van der Waals surface area contributed by atoms with Crippen molar-refractivity contribution < 1.29 is 18.3 Å². The number of hydrogen-bond donors (Lipinski definition) is 0. The maximum atomic E-state index is 6.05. The van der Waals surface area contributed by atoms with Gasteiger partial charge < -0.3 is 18.3 Å². The molecular weight excluding hydrogens is 248 g/mol. The van der Waals surface area contributed by atoms with Crippen molar-refractivity contribution in [2.75, 3.05) is 26.4 Å². The second-order valence-corrected chi connectivity index (χ2v) is 7.89. The topological polar surface area (TPSA) is 43.5 Å². The standard InChI is InChI=1S/C13H18O4Si/c1-18(16-9-11-7-14-11,17-10-12-8-15-12)13-5-3-2-4-6-13/h2-6,11-12H,7-10H2,1H3. The lowest BCUT2D eigenvalue weighted by atomic mass is 10.4. The van der Waals surface area contributed by atoms with Crippen LogP contribution >= 0.6 is 0 Å². The van der Waals surface area contributed by atoms with E-state index in [1.807, 2.05) is 18.2 Å². The van der Waals surface area contributed by atoms with Gasteiger partial charge in [0.15, 0.2) is 0 Å². The summed E-state index contributed by atoms with van der Waals surface area (Å²) in [6, 6.07) is 10.2. The summed E-state index contributed by atoms with van der Waals surface area (Å²) in [7, 11) is -2.33. The normalized spacial score (nSPS) is 28.7. The molecule has 0 N–H and O–H groups in total. The lowest BCUT2D eigenvalue weighted by Crippen LogP contribution is -2.52. The number of ether oxygens (including phenoxy) is 2. The molecule has 2 aliphatic heterocycles. The van der Waals surface area contributed by atoms with Crippen LogP contribution in [0.3, 0.4) is 0 Å². The minimum atomic E-state index is -2.33. The van der Waals surface area contributed by atoms with Gasteiger partial charge >= 0.3 is 8.56 Å². The third kappa shape index (κ3) is 3.18. The van der Waals surface area contributed by atoms with Crippen LogP contribution in [0.5, 0.6) is 0 Å². The minimum Gasteiger partial charge on any atom is -0.388 e. The van der Waals surface area contributed by atoms with Crippen molar-refractivity contribution in [3.8, 4) is 0 Å². The van der Waals surface area contributed by atoms with Crippen LogP contribution in [0.15, 0.2) is 30.3 Å². The average Bonchev–Trinajstić information content (AvgIpc) is 3.30. The number of epoxide rings is 2. The third-order valence-electron chi connectivity index (χ3n) is 3.19. The lowest BCUT2D eigenvalue weighted by Gasteiger charge is -2.26. The van der Waals surface area contributed by atoms with Gasteiger partial charge in [0.1, 0.15) is 12.2 Å². The fourth-order valence-corrected chi connectivity index (χ4v) is 4.00. The summed E-state index contributed by atoms with van der Waals surface area (Å²) < 4.78 is 22.5. The van der Waals surface area contributed by atoms with Gasteiger partial charge in [-0.3, -0.25) is 0 Å². The van der Waals surface area contributed by atoms with Crippen LogP contribution < -0.4 is 5.19 Å². The van der Waals surface area contributed by atoms with Crippen LogP contribution in [0.4, 0.5) is 0 Å². The SMILES string of the molecule is C[Si](OCC1CO1)(OCC1CO1)c1ccccc1. The van der Waals surface area contributed by atoms with Gasteiger partial charge in [-0.05, 0) is 11.7 Å². The van der Waals surface area contributed by atoms with Gasteiger partial charge in [-0.25, -0.2) is 0 Å². The van der Waals surface area contributed by atoms with E-state index in [0.29, 0.717) is 13.2 Å². The predicted octanol–water partition coefficient (Wildman–Crippen LogP) is 0.796. The van der Waals surface area contributed by atoms with Crippen LogP contribution in [0.2, 0.25) is 6.55 Å². The Bertz CT molecular complexity index is 373. The molecule has 2 fully saturated rings. The summed E-state index contributed by atoms with van der Waals surface area (Å²) in [5.41, 5.74) is 0. The van der Waals surface area contributed by atoms with E-state index in [9.17, 15) is 0 Å². The van der Waals surface area contributed by atoms with Crippen molar-refractivity contribution in [2.45, 2.75) is 18.8 Å². The Kier molecular flexibility index (Phi) is 3.49. The van der Waals surface area contributed by atoms with Gasteiger partial charge in [0, 0.05) is 0 Å². The molecule has 1 aromatic carbocycles. The van der Waals surface area contributed by atoms with E-state index in [1.165, 1.54) is 0 Å². The smallest absolute Gasteiger partial charge is 0.369 e. The fraction of sp³-hybridized carbons (Fsp3) is 0.538. The summed E-state index contributed by atoms with van der Waals surface area (Å²) in [5, 5.41) is 1.16. The molecular formula is C13H18O4Si. The van der Waals surface area contributed by atoms with Gasteiger partial charge in [-0.2, -0.15) is 0 Å². The number of rotatable bonds is 7. The molecule has 2 heterocycles. The summed E-state index contributed by atoms with van der Waals surface area (Å²) >= 11 is 0. The van der Waals surface area contributed by atoms with Gasteiger partial charge in [-0.1, -0.05) is 30.3 Å². The number of hydrogen-bond acceptors (Lipinski definition) is 4. The quantitative estimate of drug-likeness (QED) is 0.541. The summed E-state index contributed by atoms with van der Waals surface area (Å²) in [6.07, 6.45) is 0.530. The van der Waals surface area contributed by atoms with Crippen LogP contribution in [0.1, 0.15) is 0 Å². The van der Waals surface area contributed by atoms with E-state index in [4.69, 9.17) is 18.3 Å². The van der Waals surface area contributed by atoms with Gasteiger partial charge in [0.25, 0.3) is 0 Å². The lowest BCUT2D eigenvalue weighted by molar-refractivity contribution is 0.159. The number of benzene rings is 1. The van der Waals surface area contributed by atoms with Crippen molar-refractivity contribution in [1.29, 1.82) is 0 Å². The van der Waals surface area contributed by atoms with Crippen LogP contribution in [0, 0.1) is 0 Å². The van der Waals surface area contributed by atoms with Crippen molar-refractivity contribution in [3.05, 3.63) is 30.3 Å². The van der Waals surface area contributed by atoms with E-state index in [0.717, 1.165) is 18.4 Å². The minimum absolute atomic E-state index is 0.265. The van der Waals surface area contributed by atoms with E-state index in [-0.39, 0.29) is 12.2 Å². The first-order chi connectivity index (χ1) is 8.76. The molecule has 2 aliphatic rings. The molecule has 18 heavy (non-hydrogen) atoms. The Balaban J connectivity index is 1.67. The highest BCUT2D eigenvalue weighted by Gasteiger charge is 2.39. The Morgan fingerprint density at radius 3 is 2.00 bits per heavy atom. The van der Waals surface area contributed by atoms with Crippen LogP contribution in [-0.2, 0) is 18.3 Å². The molecule has 0 spiro atoms. The molecule has 0 amide bonds. The third-order valence-corrected chi connectivity index (χ3v) is 6.01. The van der Waals surface area contributed by atoms with E-state index >= 15 is 0 Å². The Hall–Kier alpha value is -0.723. The molecule has 0 saturated carbocycles. The molecule has 98 valence electrons. The highest BCUT2D eigenvalue weighted by Crippen LogP contribution is 2.17.